The number of amides is 1. The Morgan fingerprint density at radius 1 is 1.28 bits per heavy atom. The first-order chi connectivity index (χ1) is 12.2. The van der Waals surface area contributed by atoms with Gasteiger partial charge >= 0.3 is 0 Å². The van der Waals surface area contributed by atoms with Gasteiger partial charge in [-0.05, 0) is 43.2 Å². The summed E-state index contributed by atoms with van der Waals surface area (Å²) in [5.74, 6) is 0.669. The molecule has 6 heteroatoms. The molecular formula is C19H18ClN3O2. The average molecular weight is 356 g/mol. The highest BCUT2D eigenvalue weighted by Crippen LogP contribution is 2.23. The summed E-state index contributed by atoms with van der Waals surface area (Å²) in [7, 11) is 0. The van der Waals surface area contributed by atoms with E-state index in [0.717, 1.165) is 41.9 Å². The number of ether oxygens (including phenoxy) is 1. The first-order valence-electron chi connectivity index (χ1n) is 8.34. The van der Waals surface area contributed by atoms with E-state index in [0.29, 0.717) is 17.1 Å². The SMILES string of the molecule is O=C(NC[C@@H]1CCCO1)c1ccc(-c2nc3ccc(Cl)cc3[nH]2)cc1. The Morgan fingerprint density at radius 2 is 2.12 bits per heavy atom. The van der Waals surface area contributed by atoms with Crippen molar-refractivity contribution in [3.63, 3.8) is 0 Å². The number of rotatable bonds is 4. The average Bonchev–Trinajstić information content (AvgIpc) is 3.29. The Bertz CT molecular complexity index is 899. The minimum absolute atomic E-state index is 0.0848. The van der Waals surface area contributed by atoms with Gasteiger partial charge in [0.25, 0.3) is 5.91 Å². The number of nitrogens with zero attached hydrogens (tertiary/aromatic N) is 1. The number of imidazole rings is 1. The van der Waals surface area contributed by atoms with E-state index in [1.807, 2.05) is 30.3 Å². The third-order valence-corrected chi connectivity index (χ3v) is 4.61. The second-order valence-electron chi connectivity index (χ2n) is 6.17. The maximum atomic E-state index is 12.2. The van der Waals surface area contributed by atoms with E-state index in [2.05, 4.69) is 15.3 Å². The van der Waals surface area contributed by atoms with Crippen LogP contribution < -0.4 is 5.32 Å². The minimum Gasteiger partial charge on any atom is -0.376 e. The van der Waals surface area contributed by atoms with E-state index >= 15 is 0 Å². The molecule has 2 heterocycles. The molecule has 3 aromatic rings. The zero-order valence-corrected chi connectivity index (χ0v) is 14.3. The number of carbonyl (C=O) groups excluding carboxylic acids is 1. The van der Waals surface area contributed by atoms with E-state index < -0.39 is 0 Å². The molecule has 1 atom stereocenters. The van der Waals surface area contributed by atoms with Gasteiger partial charge in [0, 0.05) is 29.3 Å². The summed E-state index contributed by atoms with van der Waals surface area (Å²) in [6.07, 6.45) is 2.22. The molecule has 0 aliphatic carbocycles. The van der Waals surface area contributed by atoms with Crippen LogP contribution in [0.3, 0.4) is 0 Å². The van der Waals surface area contributed by atoms with Crippen molar-refractivity contribution in [2.75, 3.05) is 13.2 Å². The van der Waals surface area contributed by atoms with Gasteiger partial charge in [0.15, 0.2) is 0 Å². The molecular weight excluding hydrogens is 338 g/mol. The number of carbonyl (C=O) groups is 1. The van der Waals surface area contributed by atoms with Gasteiger partial charge in [-0.2, -0.15) is 0 Å². The van der Waals surface area contributed by atoms with E-state index in [1.54, 1.807) is 12.1 Å². The van der Waals surface area contributed by atoms with Gasteiger partial charge in [-0.1, -0.05) is 23.7 Å². The number of fused-ring (bicyclic) bond motifs is 1. The van der Waals surface area contributed by atoms with E-state index in [4.69, 9.17) is 16.3 Å². The molecule has 128 valence electrons. The van der Waals surface area contributed by atoms with Crippen LogP contribution in [-0.2, 0) is 4.74 Å². The number of benzene rings is 2. The van der Waals surface area contributed by atoms with Crippen molar-refractivity contribution in [2.24, 2.45) is 0 Å². The molecule has 1 fully saturated rings. The van der Waals surface area contributed by atoms with Crippen LogP contribution in [0, 0.1) is 0 Å². The number of aromatic amines is 1. The van der Waals surface area contributed by atoms with Crippen LogP contribution in [0.15, 0.2) is 42.5 Å². The minimum atomic E-state index is -0.0848. The largest absolute Gasteiger partial charge is 0.376 e. The standard InChI is InChI=1S/C19H18ClN3O2/c20-14-7-8-16-17(10-14)23-18(22-16)12-3-5-13(6-4-12)19(24)21-11-15-2-1-9-25-15/h3-8,10,15H,1-2,9,11H2,(H,21,24)(H,22,23)/t15-/m0/s1. The maximum absolute atomic E-state index is 12.2. The summed E-state index contributed by atoms with van der Waals surface area (Å²) in [6.45, 7) is 1.35. The molecule has 1 aliphatic rings. The lowest BCUT2D eigenvalue weighted by Crippen LogP contribution is -2.31. The fourth-order valence-electron chi connectivity index (χ4n) is 3.01. The first kappa shape index (κ1) is 16.1. The highest BCUT2D eigenvalue weighted by atomic mass is 35.5. The number of hydrogen-bond acceptors (Lipinski definition) is 3. The van der Waals surface area contributed by atoms with Gasteiger partial charge in [0.05, 0.1) is 17.1 Å². The van der Waals surface area contributed by atoms with Crippen LogP contribution in [-0.4, -0.2) is 35.1 Å². The number of halogens is 1. The summed E-state index contributed by atoms with van der Waals surface area (Å²) in [4.78, 5) is 20.0. The zero-order chi connectivity index (χ0) is 17.2. The van der Waals surface area contributed by atoms with Crippen molar-refractivity contribution in [3.8, 4) is 11.4 Å². The van der Waals surface area contributed by atoms with Gasteiger partial charge < -0.3 is 15.0 Å². The zero-order valence-electron chi connectivity index (χ0n) is 13.6. The topological polar surface area (TPSA) is 67.0 Å². The second kappa shape index (κ2) is 6.86. The highest BCUT2D eigenvalue weighted by Gasteiger charge is 2.16. The van der Waals surface area contributed by atoms with E-state index in [9.17, 15) is 4.79 Å². The molecule has 5 nitrogen and oxygen atoms in total. The molecule has 1 amide bonds. The quantitative estimate of drug-likeness (QED) is 0.748. The van der Waals surface area contributed by atoms with Crippen LogP contribution in [0.1, 0.15) is 23.2 Å². The van der Waals surface area contributed by atoms with Crippen molar-refractivity contribution in [2.45, 2.75) is 18.9 Å². The van der Waals surface area contributed by atoms with Gasteiger partial charge in [-0.3, -0.25) is 4.79 Å². The summed E-state index contributed by atoms with van der Waals surface area (Å²) >= 11 is 6.01. The molecule has 0 unspecified atom stereocenters. The van der Waals surface area contributed by atoms with Crippen LogP contribution in [0.2, 0.25) is 5.02 Å². The Hall–Kier alpha value is -2.37. The third-order valence-electron chi connectivity index (χ3n) is 4.38. The van der Waals surface area contributed by atoms with Crippen molar-refractivity contribution >= 4 is 28.5 Å². The van der Waals surface area contributed by atoms with Crippen molar-refractivity contribution in [1.82, 2.24) is 15.3 Å². The summed E-state index contributed by atoms with van der Waals surface area (Å²) < 4.78 is 5.52. The lowest BCUT2D eigenvalue weighted by molar-refractivity contribution is 0.0858. The molecule has 1 aromatic heterocycles. The normalized spacial score (nSPS) is 17.1. The van der Waals surface area contributed by atoms with Crippen LogP contribution >= 0.6 is 11.6 Å². The van der Waals surface area contributed by atoms with Crippen LogP contribution in [0.4, 0.5) is 0 Å². The molecule has 2 aromatic carbocycles. The van der Waals surface area contributed by atoms with Crippen molar-refractivity contribution < 1.29 is 9.53 Å². The Labute approximate surface area is 150 Å². The number of hydrogen-bond donors (Lipinski definition) is 2. The van der Waals surface area contributed by atoms with Crippen molar-refractivity contribution in [1.29, 1.82) is 0 Å². The van der Waals surface area contributed by atoms with E-state index in [-0.39, 0.29) is 12.0 Å². The smallest absolute Gasteiger partial charge is 0.251 e. The summed E-state index contributed by atoms with van der Waals surface area (Å²) in [5.41, 5.74) is 3.29. The Morgan fingerprint density at radius 3 is 2.88 bits per heavy atom. The summed E-state index contributed by atoms with van der Waals surface area (Å²) in [6, 6.07) is 12.9. The van der Waals surface area contributed by atoms with Gasteiger partial charge in [-0.25, -0.2) is 4.98 Å². The molecule has 2 N–H and O–H groups in total. The van der Waals surface area contributed by atoms with Gasteiger partial charge in [-0.15, -0.1) is 0 Å². The predicted molar refractivity (Wildman–Crippen MR) is 97.8 cm³/mol. The monoisotopic (exact) mass is 355 g/mol. The lowest BCUT2D eigenvalue weighted by atomic mass is 10.1. The second-order valence-corrected chi connectivity index (χ2v) is 6.61. The molecule has 0 radical (unpaired) electrons. The fraction of sp³-hybridized carbons (Fsp3) is 0.263. The number of aromatic nitrogens is 2. The highest BCUT2D eigenvalue weighted by molar-refractivity contribution is 6.31. The molecule has 0 bridgehead atoms. The van der Waals surface area contributed by atoms with Crippen LogP contribution in [0.25, 0.3) is 22.4 Å². The molecule has 25 heavy (non-hydrogen) atoms. The maximum Gasteiger partial charge on any atom is 0.251 e. The number of H-pyrrole nitrogens is 1. The van der Waals surface area contributed by atoms with Crippen molar-refractivity contribution in [3.05, 3.63) is 53.1 Å². The molecule has 0 saturated carbocycles. The van der Waals surface area contributed by atoms with E-state index in [1.165, 1.54) is 0 Å². The molecule has 1 saturated heterocycles. The molecule has 0 spiro atoms. The Kier molecular flexibility index (Phi) is 4.42. The number of nitrogens with one attached hydrogen (secondary N) is 2. The first-order valence-corrected chi connectivity index (χ1v) is 8.72. The van der Waals surface area contributed by atoms with Gasteiger partial charge in [0.2, 0.25) is 0 Å². The summed E-state index contributed by atoms with van der Waals surface area (Å²) in [5, 5.41) is 3.59. The lowest BCUT2D eigenvalue weighted by Gasteiger charge is -2.10. The predicted octanol–water partition coefficient (Wildman–Crippen LogP) is 3.79. The molecule has 4 rings (SSSR count). The third kappa shape index (κ3) is 3.52. The van der Waals surface area contributed by atoms with Gasteiger partial charge in [0.1, 0.15) is 5.82 Å². The fourth-order valence-corrected chi connectivity index (χ4v) is 3.18. The van der Waals surface area contributed by atoms with Crippen LogP contribution in [0.5, 0.6) is 0 Å². The Balaban J connectivity index is 1.47. The molecule has 1 aliphatic heterocycles.